The Kier molecular flexibility index (Phi) is 4.47. The molecule has 0 saturated carbocycles. The number of nitrogens with zero attached hydrogens (tertiary/aromatic N) is 2. The normalized spacial score (nSPS) is 11.0. The van der Waals surface area contributed by atoms with Crippen LogP contribution in [0.1, 0.15) is 18.4 Å². The van der Waals surface area contributed by atoms with Gasteiger partial charge in [0.15, 0.2) is 0 Å². The molecule has 1 N–H and O–H groups in total. The van der Waals surface area contributed by atoms with Crippen molar-refractivity contribution < 1.29 is 0 Å². The zero-order valence-corrected chi connectivity index (χ0v) is 11.5. The fourth-order valence-electron chi connectivity index (χ4n) is 1.55. The van der Waals surface area contributed by atoms with E-state index in [1.807, 2.05) is 19.1 Å². The Morgan fingerprint density at radius 2 is 2.11 bits per heavy atom. The van der Waals surface area contributed by atoms with E-state index in [1.54, 1.807) is 17.7 Å². The highest BCUT2D eigenvalue weighted by Gasteiger charge is 2.01. The predicted octanol–water partition coefficient (Wildman–Crippen LogP) is 3.97. The third kappa shape index (κ3) is 3.40. The van der Waals surface area contributed by atoms with Crippen molar-refractivity contribution in [1.29, 1.82) is 0 Å². The molecule has 2 rings (SSSR count). The summed E-state index contributed by atoms with van der Waals surface area (Å²) in [6.07, 6.45) is 2.83. The quantitative estimate of drug-likeness (QED) is 0.651. The van der Waals surface area contributed by atoms with Gasteiger partial charge in [0.2, 0.25) is 0 Å². The van der Waals surface area contributed by atoms with Crippen molar-refractivity contribution in [3.8, 4) is 11.3 Å². The fraction of sp³-hybridized carbons (Fsp3) is 0.286. The Hall–Kier alpha value is -1.68. The van der Waals surface area contributed by atoms with E-state index >= 15 is 0 Å². The smallest absolute Gasteiger partial charge is 0.0901 e. The summed E-state index contributed by atoms with van der Waals surface area (Å²) in [5, 5.41) is 6.33. The fourth-order valence-corrected chi connectivity index (χ4v) is 2.17. The van der Waals surface area contributed by atoms with Gasteiger partial charge in [0, 0.05) is 23.2 Å². The molecule has 0 spiro atoms. The molecule has 0 fully saturated rings. The van der Waals surface area contributed by atoms with E-state index in [0.717, 1.165) is 34.9 Å². The maximum Gasteiger partial charge on any atom is 0.0901 e. The number of hydrogen-bond donors (Lipinski definition) is 1. The van der Waals surface area contributed by atoms with Crippen LogP contribution in [0, 0.1) is 6.92 Å². The van der Waals surface area contributed by atoms with E-state index in [0.29, 0.717) is 0 Å². The standard InChI is InChI=1S/C14H17N3S/c1-3-8-15-10-16-13-6-4-12(5-7-13)14-9-18-11(2)17-14/h4-7,9-10H,3,8H2,1-2H3,(H,15,16). The second-order valence-electron chi connectivity index (χ2n) is 4.01. The number of aromatic nitrogens is 1. The molecule has 4 heteroatoms. The summed E-state index contributed by atoms with van der Waals surface area (Å²) in [5.74, 6) is 0. The molecule has 0 atom stereocenters. The Labute approximate surface area is 112 Å². The Balaban J connectivity index is 2.01. The van der Waals surface area contributed by atoms with Crippen LogP contribution in [-0.4, -0.2) is 17.9 Å². The van der Waals surface area contributed by atoms with Gasteiger partial charge in [-0.05, 0) is 25.5 Å². The molecule has 0 unspecified atom stereocenters. The van der Waals surface area contributed by atoms with Crippen molar-refractivity contribution in [2.45, 2.75) is 20.3 Å². The van der Waals surface area contributed by atoms with Crippen molar-refractivity contribution in [2.24, 2.45) is 4.99 Å². The molecule has 2 aromatic rings. The molecule has 1 heterocycles. The van der Waals surface area contributed by atoms with Gasteiger partial charge in [-0.15, -0.1) is 11.3 Å². The lowest BCUT2D eigenvalue weighted by atomic mass is 10.1. The number of nitrogens with one attached hydrogen (secondary N) is 1. The first-order chi connectivity index (χ1) is 8.79. The average molecular weight is 259 g/mol. The zero-order valence-electron chi connectivity index (χ0n) is 10.7. The highest BCUT2D eigenvalue weighted by molar-refractivity contribution is 7.09. The molecule has 0 aliphatic rings. The molecule has 0 radical (unpaired) electrons. The van der Waals surface area contributed by atoms with Gasteiger partial charge in [0.25, 0.3) is 0 Å². The summed E-state index contributed by atoms with van der Waals surface area (Å²) < 4.78 is 0. The molecule has 3 nitrogen and oxygen atoms in total. The van der Waals surface area contributed by atoms with E-state index in [1.165, 1.54) is 0 Å². The maximum atomic E-state index is 4.47. The molecular weight excluding hydrogens is 242 g/mol. The summed E-state index contributed by atoms with van der Waals surface area (Å²) >= 11 is 1.67. The highest BCUT2D eigenvalue weighted by atomic mass is 32.1. The Morgan fingerprint density at radius 1 is 1.33 bits per heavy atom. The molecule has 1 aromatic carbocycles. The molecule has 0 saturated heterocycles. The number of hydrogen-bond acceptors (Lipinski definition) is 3. The number of anilines is 1. The molecule has 94 valence electrons. The van der Waals surface area contributed by atoms with E-state index in [9.17, 15) is 0 Å². The van der Waals surface area contributed by atoms with Crippen LogP contribution in [0.4, 0.5) is 5.69 Å². The van der Waals surface area contributed by atoms with Crippen molar-refractivity contribution in [3.63, 3.8) is 0 Å². The molecule has 0 bridgehead atoms. The van der Waals surface area contributed by atoms with E-state index < -0.39 is 0 Å². The minimum Gasteiger partial charge on any atom is -0.347 e. The van der Waals surface area contributed by atoms with Gasteiger partial charge in [-0.2, -0.15) is 0 Å². The highest BCUT2D eigenvalue weighted by Crippen LogP contribution is 2.22. The second kappa shape index (κ2) is 6.31. The van der Waals surface area contributed by atoms with Crippen LogP contribution in [-0.2, 0) is 0 Å². The number of benzene rings is 1. The monoisotopic (exact) mass is 259 g/mol. The van der Waals surface area contributed by atoms with Gasteiger partial charge in [-0.25, -0.2) is 4.98 Å². The summed E-state index contributed by atoms with van der Waals surface area (Å²) in [4.78, 5) is 8.69. The minimum absolute atomic E-state index is 0.864. The van der Waals surface area contributed by atoms with Gasteiger partial charge >= 0.3 is 0 Å². The van der Waals surface area contributed by atoms with Crippen LogP contribution in [0.15, 0.2) is 34.6 Å². The summed E-state index contributed by atoms with van der Waals surface area (Å²) in [5.41, 5.74) is 3.24. The number of rotatable bonds is 5. The molecule has 18 heavy (non-hydrogen) atoms. The molecule has 0 aliphatic heterocycles. The number of thiazole rings is 1. The molecular formula is C14H17N3S. The van der Waals surface area contributed by atoms with Gasteiger partial charge in [-0.1, -0.05) is 19.1 Å². The third-order valence-corrected chi connectivity index (χ3v) is 3.25. The number of aryl methyl sites for hydroxylation is 1. The largest absolute Gasteiger partial charge is 0.347 e. The lowest BCUT2D eigenvalue weighted by Crippen LogP contribution is -1.95. The predicted molar refractivity (Wildman–Crippen MR) is 79.6 cm³/mol. The van der Waals surface area contributed by atoms with Crippen LogP contribution in [0.3, 0.4) is 0 Å². The zero-order chi connectivity index (χ0) is 12.8. The van der Waals surface area contributed by atoms with E-state index in [2.05, 4.69) is 39.7 Å². The maximum absolute atomic E-state index is 4.47. The molecule has 0 aliphatic carbocycles. The minimum atomic E-state index is 0.864. The Morgan fingerprint density at radius 3 is 2.72 bits per heavy atom. The SMILES string of the molecule is CCCN=CNc1ccc(-c2csc(C)n2)cc1. The van der Waals surface area contributed by atoms with Crippen LogP contribution in [0.25, 0.3) is 11.3 Å². The van der Waals surface area contributed by atoms with Crippen LogP contribution < -0.4 is 5.32 Å². The van der Waals surface area contributed by atoms with E-state index in [-0.39, 0.29) is 0 Å². The third-order valence-electron chi connectivity index (χ3n) is 2.47. The van der Waals surface area contributed by atoms with E-state index in [4.69, 9.17) is 0 Å². The summed E-state index contributed by atoms with van der Waals surface area (Å²) in [7, 11) is 0. The lowest BCUT2D eigenvalue weighted by Gasteiger charge is -2.01. The second-order valence-corrected chi connectivity index (χ2v) is 5.07. The van der Waals surface area contributed by atoms with Gasteiger partial charge in [0.05, 0.1) is 17.0 Å². The van der Waals surface area contributed by atoms with Crippen molar-refractivity contribution in [3.05, 3.63) is 34.7 Å². The first-order valence-corrected chi connectivity index (χ1v) is 6.95. The van der Waals surface area contributed by atoms with Gasteiger partial charge in [0.1, 0.15) is 0 Å². The Bertz CT molecular complexity index is 514. The molecule has 0 amide bonds. The van der Waals surface area contributed by atoms with Crippen molar-refractivity contribution in [1.82, 2.24) is 4.98 Å². The van der Waals surface area contributed by atoms with Crippen molar-refractivity contribution >= 4 is 23.4 Å². The van der Waals surface area contributed by atoms with Crippen LogP contribution >= 0.6 is 11.3 Å². The van der Waals surface area contributed by atoms with Crippen LogP contribution in [0.2, 0.25) is 0 Å². The average Bonchev–Trinajstić information content (AvgIpc) is 2.82. The topological polar surface area (TPSA) is 37.3 Å². The van der Waals surface area contributed by atoms with Crippen molar-refractivity contribution in [2.75, 3.05) is 11.9 Å². The first kappa shape index (κ1) is 12.8. The first-order valence-electron chi connectivity index (χ1n) is 6.07. The van der Waals surface area contributed by atoms with Gasteiger partial charge < -0.3 is 5.32 Å². The van der Waals surface area contributed by atoms with Gasteiger partial charge in [-0.3, -0.25) is 4.99 Å². The summed E-state index contributed by atoms with van der Waals surface area (Å²) in [6.45, 7) is 5.00. The summed E-state index contributed by atoms with van der Waals surface area (Å²) in [6, 6.07) is 8.24. The lowest BCUT2D eigenvalue weighted by molar-refractivity contribution is 0.936. The molecule has 1 aromatic heterocycles. The van der Waals surface area contributed by atoms with Crippen LogP contribution in [0.5, 0.6) is 0 Å². The number of aliphatic imine (C=N–C) groups is 1.